The Balaban J connectivity index is 0.000000288. The fourth-order valence-corrected chi connectivity index (χ4v) is 2.00. The summed E-state index contributed by atoms with van der Waals surface area (Å²) in [4.78, 5) is 0. The van der Waals surface area contributed by atoms with Crippen LogP contribution in [0.3, 0.4) is 0 Å². The zero-order valence-electron chi connectivity index (χ0n) is 10.7. The van der Waals surface area contributed by atoms with Crippen molar-refractivity contribution < 1.29 is 17.5 Å². The van der Waals surface area contributed by atoms with E-state index in [9.17, 15) is 13.0 Å². The van der Waals surface area contributed by atoms with Gasteiger partial charge in [-0.25, -0.2) is 8.42 Å². The van der Waals surface area contributed by atoms with Crippen molar-refractivity contribution in [2.45, 2.75) is 26.7 Å². The Bertz CT molecular complexity index is 319. The van der Waals surface area contributed by atoms with Crippen LogP contribution in [0, 0.1) is 0 Å². The zero-order chi connectivity index (χ0) is 12.8. The highest BCUT2D eigenvalue weighted by Crippen LogP contribution is 2.11. The quantitative estimate of drug-likeness (QED) is 0.422. The fourth-order valence-electron chi connectivity index (χ4n) is 1.46. The van der Waals surface area contributed by atoms with E-state index in [0.717, 1.165) is 5.57 Å². The van der Waals surface area contributed by atoms with Crippen LogP contribution in [0.15, 0.2) is 11.6 Å². The van der Waals surface area contributed by atoms with E-state index in [1.165, 1.54) is 36.5 Å². The van der Waals surface area contributed by atoms with E-state index >= 15 is 0 Å². The summed E-state index contributed by atoms with van der Waals surface area (Å²) in [6.45, 7) is 6.26. The van der Waals surface area contributed by atoms with Crippen molar-refractivity contribution >= 4 is 10.1 Å². The molecule has 96 valence electrons. The molecular weight excluding hydrogens is 226 g/mol. The zero-order valence-corrected chi connectivity index (χ0v) is 11.5. The van der Waals surface area contributed by atoms with Crippen LogP contribution >= 0.6 is 0 Å². The predicted molar refractivity (Wildman–Crippen MR) is 65.1 cm³/mol. The average molecular weight is 249 g/mol. The Morgan fingerprint density at radius 2 is 1.69 bits per heavy atom. The summed E-state index contributed by atoms with van der Waals surface area (Å²) in [7, 11) is 0.552. The number of allylic oxidation sites excluding steroid dienone is 1. The first-order chi connectivity index (χ1) is 7.12. The van der Waals surface area contributed by atoms with E-state index in [2.05, 4.69) is 14.1 Å². The average Bonchev–Trinajstić information content (AvgIpc) is 2.46. The molecule has 1 fully saturated rings. The molecule has 1 aliphatic rings. The lowest BCUT2D eigenvalue weighted by atomic mass is 10.3. The smallest absolute Gasteiger partial charge is 0.0982 e. The predicted octanol–water partition coefficient (Wildman–Crippen LogP) is 1.35. The van der Waals surface area contributed by atoms with Crippen molar-refractivity contribution in [3.8, 4) is 0 Å². The minimum Gasteiger partial charge on any atom is -0.748 e. The highest BCUT2D eigenvalue weighted by Gasteiger charge is 2.19. The molecule has 1 heterocycles. The summed E-state index contributed by atoms with van der Waals surface area (Å²) < 4.78 is 31.1. The fraction of sp³-hybridized carbons (Fsp3) is 0.818. The molecule has 0 atom stereocenters. The monoisotopic (exact) mass is 249 g/mol. The Morgan fingerprint density at radius 3 is 1.81 bits per heavy atom. The number of hydrogen-bond donors (Lipinski definition) is 0. The van der Waals surface area contributed by atoms with Crippen LogP contribution < -0.4 is 0 Å². The van der Waals surface area contributed by atoms with Gasteiger partial charge in [-0.3, -0.25) is 0 Å². The largest absolute Gasteiger partial charge is 0.748 e. The lowest BCUT2D eigenvalue weighted by Gasteiger charge is -2.21. The van der Waals surface area contributed by atoms with Crippen LogP contribution in [-0.4, -0.2) is 50.4 Å². The summed E-state index contributed by atoms with van der Waals surface area (Å²) >= 11 is 0. The molecule has 0 aliphatic carbocycles. The normalized spacial score (nSPS) is 18.6. The van der Waals surface area contributed by atoms with Gasteiger partial charge < -0.3 is 9.04 Å². The number of quaternary nitrogens is 1. The summed E-state index contributed by atoms with van der Waals surface area (Å²) in [5.41, 5.74) is 0.842. The number of hydrogen-bond acceptors (Lipinski definition) is 3. The first kappa shape index (κ1) is 15.6. The molecule has 16 heavy (non-hydrogen) atoms. The van der Waals surface area contributed by atoms with Gasteiger partial charge in [0.1, 0.15) is 0 Å². The molecule has 0 unspecified atom stereocenters. The van der Waals surface area contributed by atoms with E-state index in [4.69, 9.17) is 0 Å². The molecule has 1 rings (SSSR count). The minimum atomic E-state index is -4.05. The highest BCUT2D eigenvalue weighted by atomic mass is 32.2. The van der Waals surface area contributed by atoms with Gasteiger partial charge in [-0.1, -0.05) is 11.6 Å². The summed E-state index contributed by atoms with van der Waals surface area (Å²) in [6, 6.07) is 0. The Kier molecular flexibility index (Phi) is 6.22. The number of likely N-dealkylation sites (tertiary alicyclic amines) is 1. The Labute approximate surface area is 99.3 Å². The third-order valence-corrected chi connectivity index (χ3v) is 3.05. The van der Waals surface area contributed by atoms with Crippen LogP contribution in [0.25, 0.3) is 0 Å². The Hall–Kier alpha value is -0.390. The standard InChI is InChI=1S/C6H14N.C5H10O3S/c1-7(2)5-3-4-6-7;1-5(2)3-4-9(6,7)8/h3-6H2,1-2H3;3H,4H2,1-2H3,(H,6,7,8)/q+1;/p-1. The van der Waals surface area contributed by atoms with Crippen LogP contribution in [0.5, 0.6) is 0 Å². The Morgan fingerprint density at radius 1 is 1.25 bits per heavy atom. The summed E-state index contributed by atoms with van der Waals surface area (Å²) in [5.74, 6) is -0.394. The maximum Gasteiger partial charge on any atom is 0.0982 e. The van der Waals surface area contributed by atoms with Gasteiger partial charge in [0.05, 0.1) is 43.1 Å². The van der Waals surface area contributed by atoms with Gasteiger partial charge in [0, 0.05) is 12.8 Å². The van der Waals surface area contributed by atoms with Crippen molar-refractivity contribution in [2.24, 2.45) is 0 Å². The second kappa shape index (κ2) is 6.37. The molecule has 0 aromatic heterocycles. The summed E-state index contributed by atoms with van der Waals surface area (Å²) in [6.07, 6.45) is 4.27. The molecule has 0 amide bonds. The lowest BCUT2D eigenvalue weighted by molar-refractivity contribution is -0.877. The molecule has 0 radical (unpaired) electrons. The third kappa shape index (κ3) is 10.1. The van der Waals surface area contributed by atoms with Crippen LogP contribution in [0.1, 0.15) is 26.7 Å². The van der Waals surface area contributed by atoms with Crippen molar-refractivity contribution in [3.63, 3.8) is 0 Å². The molecule has 5 heteroatoms. The second-order valence-electron chi connectivity index (χ2n) is 5.10. The molecule has 1 aliphatic heterocycles. The lowest BCUT2D eigenvalue weighted by Crippen LogP contribution is -2.35. The first-order valence-electron chi connectivity index (χ1n) is 5.51. The van der Waals surface area contributed by atoms with Gasteiger partial charge in [0.25, 0.3) is 0 Å². The van der Waals surface area contributed by atoms with Crippen molar-refractivity contribution in [1.29, 1.82) is 0 Å². The topological polar surface area (TPSA) is 57.2 Å². The van der Waals surface area contributed by atoms with E-state index in [1.807, 2.05) is 0 Å². The minimum absolute atomic E-state index is 0.394. The summed E-state index contributed by atoms with van der Waals surface area (Å²) in [5, 5.41) is 0. The maximum absolute atomic E-state index is 9.94. The van der Waals surface area contributed by atoms with Gasteiger partial charge in [0.2, 0.25) is 0 Å². The van der Waals surface area contributed by atoms with Crippen molar-refractivity contribution in [3.05, 3.63) is 11.6 Å². The maximum atomic E-state index is 9.94. The molecule has 0 aromatic carbocycles. The van der Waals surface area contributed by atoms with E-state index in [-0.39, 0.29) is 0 Å². The van der Waals surface area contributed by atoms with E-state index in [1.54, 1.807) is 13.8 Å². The molecule has 0 saturated carbocycles. The highest BCUT2D eigenvalue weighted by molar-refractivity contribution is 7.85. The van der Waals surface area contributed by atoms with Crippen molar-refractivity contribution in [2.75, 3.05) is 32.9 Å². The van der Waals surface area contributed by atoms with Crippen molar-refractivity contribution in [1.82, 2.24) is 0 Å². The van der Waals surface area contributed by atoms with Gasteiger partial charge >= 0.3 is 0 Å². The van der Waals surface area contributed by atoms with Gasteiger partial charge in [-0.2, -0.15) is 0 Å². The van der Waals surface area contributed by atoms with Crippen LogP contribution in [0.2, 0.25) is 0 Å². The van der Waals surface area contributed by atoms with Crippen LogP contribution in [0.4, 0.5) is 0 Å². The molecule has 0 bridgehead atoms. The van der Waals surface area contributed by atoms with E-state index < -0.39 is 15.9 Å². The second-order valence-corrected chi connectivity index (χ2v) is 6.54. The molecule has 0 aromatic rings. The number of nitrogens with zero attached hydrogens (tertiary/aromatic N) is 1. The van der Waals surface area contributed by atoms with Crippen LogP contribution in [-0.2, 0) is 10.1 Å². The first-order valence-corrected chi connectivity index (χ1v) is 7.09. The molecule has 1 saturated heterocycles. The van der Waals surface area contributed by atoms with Gasteiger partial charge in [-0.05, 0) is 13.8 Å². The molecule has 4 nitrogen and oxygen atoms in total. The van der Waals surface area contributed by atoms with Gasteiger partial charge in [0.15, 0.2) is 0 Å². The molecular formula is C11H23NO3S. The SMILES string of the molecule is CC(C)=CCS(=O)(=O)[O-].C[N+]1(C)CCCC1. The van der Waals surface area contributed by atoms with E-state index in [0.29, 0.717) is 0 Å². The molecule has 0 N–H and O–H groups in total. The molecule has 0 spiro atoms. The third-order valence-electron chi connectivity index (χ3n) is 2.47. The van der Waals surface area contributed by atoms with Gasteiger partial charge in [-0.15, -0.1) is 0 Å². The number of rotatable bonds is 2.